The molecule has 21 heavy (non-hydrogen) atoms. The van der Waals surface area contributed by atoms with Crippen LogP contribution < -0.4 is 15.4 Å². The minimum absolute atomic E-state index is 0.293. The summed E-state index contributed by atoms with van der Waals surface area (Å²) in [5.41, 5.74) is 1.14. The molecule has 1 aromatic carbocycles. The highest BCUT2D eigenvalue weighted by Gasteiger charge is 2.06. The van der Waals surface area contributed by atoms with Crippen molar-refractivity contribution in [2.24, 2.45) is 0 Å². The molecule has 0 aliphatic carbocycles. The standard InChI is InChI=1S/C14H18BrN5O/c1-3-8-16-12-18-13(20-14(19-12)21-2)17-9-10-4-6-11(15)7-5-10/h4-7H,3,8-9H2,1-2H3,(H2,16,17,18,19,20). The number of benzene rings is 1. The first-order valence-corrected chi connectivity index (χ1v) is 7.53. The van der Waals surface area contributed by atoms with Crippen LogP contribution >= 0.6 is 15.9 Å². The molecule has 2 rings (SSSR count). The minimum Gasteiger partial charge on any atom is -0.467 e. The van der Waals surface area contributed by atoms with Gasteiger partial charge in [0.15, 0.2) is 0 Å². The average molecular weight is 352 g/mol. The van der Waals surface area contributed by atoms with Crippen molar-refractivity contribution in [3.8, 4) is 6.01 Å². The first-order chi connectivity index (χ1) is 10.2. The average Bonchev–Trinajstić information content (AvgIpc) is 2.52. The predicted octanol–water partition coefficient (Wildman–Crippen LogP) is 3.08. The zero-order valence-corrected chi connectivity index (χ0v) is 13.6. The number of nitrogens with one attached hydrogen (secondary N) is 2. The summed E-state index contributed by atoms with van der Waals surface area (Å²) in [5, 5.41) is 6.30. The molecule has 0 aliphatic heterocycles. The third-order valence-corrected chi connectivity index (χ3v) is 3.22. The lowest BCUT2D eigenvalue weighted by atomic mass is 10.2. The van der Waals surface area contributed by atoms with E-state index < -0.39 is 0 Å². The van der Waals surface area contributed by atoms with E-state index in [1.165, 1.54) is 7.11 Å². The van der Waals surface area contributed by atoms with Crippen LogP contribution in [0.3, 0.4) is 0 Å². The Labute approximate surface area is 132 Å². The van der Waals surface area contributed by atoms with Gasteiger partial charge in [0.1, 0.15) is 0 Å². The SMILES string of the molecule is CCCNc1nc(NCc2ccc(Br)cc2)nc(OC)n1. The summed E-state index contributed by atoms with van der Waals surface area (Å²) in [6.07, 6.45) is 0.996. The van der Waals surface area contributed by atoms with Crippen molar-refractivity contribution >= 4 is 27.8 Å². The Balaban J connectivity index is 2.05. The summed E-state index contributed by atoms with van der Waals surface area (Å²) in [5.74, 6) is 1.00. The normalized spacial score (nSPS) is 10.2. The monoisotopic (exact) mass is 351 g/mol. The van der Waals surface area contributed by atoms with Crippen molar-refractivity contribution in [3.05, 3.63) is 34.3 Å². The fraction of sp³-hybridized carbons (Fsp3) is 0.357. The van der Waals surface area contributed by atoms with Gasteiger partial charge in [0, 0.05) is 17.6 Å². The van der Waals surface area contributed by atoms with Crippen molar-refractivity contribution in [2.75, 3.05) is 24.3 Å². The Morgan fingerprint density at radius 2 is 1.71 bits per heavy atom. The van der Waals surface area contributed by atoms with Crippen LogP contribution in [-0.4, -0.2) is 28.6 Å². The Bertz CT molecular complexity index is 576. The molecular weight excluding hydrogens is 334 g/mol. The lowest BCUT2D eigenvalue weighted by Crippen LogP contribution is -2.10. The summed E-state index contributed by atoms with van der Waals surface area (Å²) in [7, 11) is 1.54. The molecule has 0 saturated carbocycles. The van der Waals surface area contributed by atoms with Crippen molar-refractivity contribution < 1.29 is 4.74 Å². The van der Waals surface area contributed by atoms with Gasteiger partial charge in [-0.15, -0.1) is 0 Å². The molecule has 0 saturated heterocycles. The first-order valence-electron chi connectivity index (χ1n) is 6.73. The van der Waals surface area contributed by atoms with Crippen molar-refractivity contribution in [1.29, 1.82) is 0 Å². The molecule has 7 heteroatoms. The molecule has 0 bridgehead atoms. The van der Waals surface area contributed by atoms with Crippen LogP contribution in [0.5, 0.6) is 6.01 Å². The number of ether oxygens (including phenoxy) is 1. The number of nitrogens with zero attached hydrogens (tertiary/aromatic N) is 3. The van der Waals surface area contributed by atoms with Gasteiger partial charge < -0.3 is 15.4 Å². The number of methoxy groups -OCH3 is 1. The maximum Gasteiger partial charge on any atom is 0.322 e. The minimum atomic E-state index is 0.293. The van der Waals surface area contributed by atoms with Crippen LogP contribution in [0.2, 0.25) is 0 Å². The summed E-state index contributed by atoms with van der Waals surface area (Å²) in [6, 6.07) is 8.36. The van der Waals surface area contributed by atoms with E-state index in [4.69, 9.17) is 4.74 Å². The molecule has 6 nitrogen and oxygen atoms in total. The Hall–Kier alpha value is -1.89. The van der Waals surface area contributed by atoms with Crippen LogP contribution in [0.25, 0.3) is 0 Å². The number of rotatable bonds is 7. The van der Waals surface area contributed by atoms with Crippen LogP contribution in [-0.2, 0) is 6.54 Å². The van der Waals surface area contributed by atoms with E-state index in [-0.39, 0.29) is 0 Å². The van der Waals surface area contributed by atoms with Crippen molar-refractivity contribution in [2.45, 2.75) is 19.9 Å². The van der Waals surface area contributed by atoms with Gasteiger partial charge in [-0.2, -0.15) is 15.0 Å². The zero-order chi connectivity index (χ0) is 15.1. The molecule has 2 aromatic rings. The van der Waals surface area contributed by atoms with Crippen LogP contribution in [0.15, 0.2) is 28.7 Å². The van der Waals surface area contributed by atoms with E-state index in [0.717, 1.165) is 23.0 Å². The Morgan fingerprint density at radius 1 is 1.05 bits per heavy atom. The fourth-order valence-electron chi connectivity index (χ4n) is 1.63. The molecule has 0 fully saturated rings. The van der Waals surface area contributed by atoms with Gasteiger partial charge in [-0.05, 0) is 24.1 Å². The van der Waals surface area contributed by atoms with Gasteiger partial charge >= 0.3 is 6.01 Å². The smallest absolute Gasteiger partial charge is 0.322 e. The van der Waals surface area contributed by atoms with E-state index in [2.05, 4.69) is 48.4 Å². The summed E-state index contributed by atoms with van der Waals surface area (Å²) in [4.78, 5) is 12.7. The summed E-state index contributed by atoms with van der Waals surface area (Å²) < 4.78 is 6.15. The second-order valence-corrected chi connectivity index (χ2v) is 5.29. The number of hydrogen-bond acceptors (Lipinski definition) is 6. The highest BCUT2D eigenvalue weighted by molar-refractivity contribution is 9.10. The fourth-order valence-corrected chi connectivity index (χ4v) is 1.89. The van der Waals surface area contributed by atoms with Crippen molar-refractivity contribution in [1.82, 2.24) is 15.0 Å². The molecule has 1 heterocycles. The van der Waals surface area contributed by atoms with Crippen LogP contribution in [0.4, 0.5) is 11.9 Å². The molecule has 0 unspecified atom stereocenters. The third-order valence-electron chi connectivity index (χ3n) is 2.69. The third kappa shape index (κ3) is 4.86. The van der Waals surface area contributed by atoms with E-state index in [9.17, 15) is 0 Å². The molecule has 0 spiro atoms. The lowest BCUT2D eigenvalue weighted by Gasteiger charge is -2.09. The van der Waals surface area contributed by atoms with E-state index in [1.807, 2.05) is 24.3 Å². The van der Waals surface area contributed by atoms with Gasteiger partial charge in [-0.3, -0.25) is 0 Å². The molecule has 0 radical (unpaired) electrons. The maximum absolute atomic E-state index is 5.09. The van der Waals surface area contributed by atoms with E-state index in [1.54, 1.807) is 0 Å². The Morgan fingerprint density at radius 3 is 2.33 bits per heavy atom. The zero-order valence-electron chi connectivity index (χ0n) is 12.1. The van der Waals surface area contributed by atoms with Gasteiger partial charge in [0.2, 0.25) is 11.9 Å². The topological polar surface area (TPSA) is 72.0 Å². The van der Waals surface area contributed by atoms with Gasteiger partial charge in [-0.1, -0.05) is 35.0 Å². The van der Waals surface area contributed by atoms with Crippen LogP contribution in [0.1, 0.15) is 18.9 Å². The molecule has 2 N–H and O–H groups in total. The van der Waals surface area contributed by atoms with Crippen molar-refractivity contribution in [3.63, 3.8) is 0 Å². The molecule has 112 valence electrons. The first kappa shape index (κ1) is 15.5. The lowest BCUT2D eigenvalue weighted by molar-refractivity contribution is 0.379. The quantitative estimate of drug-likeness (QED) is 0.798. The van der Waals surface area contributed by atoms with Gasteiger partial charge in [0.25, 0.3) is 0 Å². The van der Waals surface area contributed by atoms with Gasteiger partial charge in [0.05, 0.1) is 7.11 Å². The molecule has 0 amide bonds. The maximum atomic E-state index is 5.09. The summed E-state index contributed by atoms with van der Waals surface area (Å²) >= 11 is 3.42. The second kappa shape index (κ2) is 7.78. The molecular formula is C14H18BrN5O. The molecule has 0 atom stereocenters. The van der Waals surface area contributed by atoms with E-state index >= 15 is 0 Å². The molecule has 0 aliphatic rings. The Kier molecular flexibility index (Phi) is 5.74. The number of anilines is 2. The van der Waals surface area contributed by atoms with E-state index in [0.29, 0.717) is 24.5 Å². The highest BCUT2D eigenvalue weighted by atomic mass is 79.9. The largest absolute Gasteiger partial charge is 0.467 e. The van der Waals surface area contributed by atoms with Crippen LogP contribution in [0, 0.1) is 0 Å². The second-order valence-electron chi connectivity index (χ2n) is 4.38. The predicted molar refractivity (Wildman–Crippen MR) is 86.6 cm³/mol. The van der Waals surface area contributed by atoms with Gasteiger partial charge in [-0.25, -0.2) is 0 Å². The highest BCUT2D eigenvalue weighted by Crippen LogP contribution is 2.14. The number of aromatic nitrogens is 3. The number of hydrogen-bond donors (Lipinski definition) is 2. The molecule has 1 aromatic heterocycles. The number of halogens is 1. The summed E-state index contributed by atoms with van der Waals surface area (Å²) in [6.45, 7) is 3.52.